The first-order valence-corrected chi connectivity index (χ1v) is 8.74. The van der Waals surface area contributed by atoms with Crippen molar-refractivity contribution in [3.63, 3.8) is 0 Å². The monoisotopic (exact) mass is 492 g/mol. The topological polar surface area (TPSA) is 76.4 Å². The molecule has 0 saturated heterocycles. The number of aromatic nitrogens is 3. The van der Waals surface area contributed by atoms with E-state index in [1.54, 1.807) is 13.4 Å². The number of guanidine groups is 1. The molecular formula is C17H26ClIN6O. The van der Waals surface area contributed by atoms with Crippen LogP contribution in [0, 0.1) is 0 Å². The molecule has 0 bridgehead atoms. The van der Waals surface area contributed by atoms with Crippen molar-refractivity contribution in [1.29, 1.82) is 0 Å². The van der Waals surface area contributed by atoms with Gasteiger partial charge in [-0.05, 0) is 19.1 Å². The van der Waals surface area contributed by atoms with Gasteiger partial charge in [0.2, 0.25) is 0 Å². The SMILES string of the molecule is CCc1nncn1CCNC(=NC)NCC(C)Oc1ccccc1Cl.I. The van der Waals surface area contributed by atoms with E-state index in [1.807, 2.05) is 35.8 Å². The van der Waals surface area contributed by atoms with Gasteiger partial charge in [-0.1, -0.05) is 30.7 Å². The summed E-state index contributed by atoms with van der Waals surface area (Å²) in [7, 11) is 1.74. The number of halogens is 2. The Bertz CT molecular complexity index is 693. The van der Waals surface area contributed by atoms with E-state index >= 15 is 0 Å². The second-order valence-electron chi connectivity index (χ2n) is 5.53. The largest absolute Gasteiger partial charge is 0.487 e. The molecule has 0 saturated carbocycles. The Hall–Kier alpha value is -1.55. The highest BCUT2D eigenvalue weighted by atomic mass is 127. The summed E-state index contributed by atoms with van der Waals surface area (Å²) >= 11 is 6.11. The molecule has 0 aliphatic rings. The van der Waals surface area contributed by atoms with Gasteiger partial charge >= 0.3 is 0 Å². The Kier molecular flexibility index (Phi) is 10.3. The van der Waals surface area contributed by atoms with Gasteiger partial charge in [0.25, 0.3) is 0 Å². The standard InChI is InChI=1S/C17H25ClN6O.HI/c1-4-16-23-22-12-24(16)10-9-20-17(19-3)21-11-13(2)25-15-8-6-5-7-14(15)18;/h5-8,12-13H,4,9-11H2,1-3H3,(H2,19,20,21);1H. The van der Waals surface area contributed by atoms with E-state index in [1.165, 1.54) is 0 Å². The Balaban J connectivity index is 0.00000338. The smallest absolute Gasteiger partial charge is 0.191 e. The zero-order valence-corrected chi connectivity index (χ0v) is 18.4. The van der Waals surface area contributed by atoms with Gasteiger partial charge in [-0.2, -0.15) is 0 Å². The van der Waals surface area contributed by atoms with E-state index in [0.29, 0.717) is 17.3 Å². The van der Waals surface area contributed by atoms with Crippen LogP contribution in [0.5, 0.6) is 5.75 Å². The Morgan fingerprint density at radius 2 is 2.12 bits per heavy atom. The van der Waals surface area contributed by atoms with E-state index in [4.69, 9.17) is 16.3 Å². The summed E-state index contributed by atoms with van der Waals surface area (Å²) < 4.78 is 7.87. The fraction of sp³-hybridized carbons (Fsp3) is 0.471. The maximum Gasteiger partial charge on any atom is 0.191 e. The lowest BCUT2D eigenvalue weighted by atomic mass is 10.3. The summed E-state index contributed by atoms with van der Waals surface area (Å²) in [5.74, 6) is 2.38. The van der Waals surface area contributed by atoms with Gasteiger partial charge in [0, 0.05) is 26.6 Å². The summed E-state index contributed by atoms with van der Waals surface area (Å²) in [6, 6.07) is 7.45. The van der Waals surface area contributed by atoms with Crippen LogP contribution in [0.1, 0.15) is 19.7 Å². The van der Waals surface area contributed by atoms with Crippen LogP contribution in [0.15, 0.2) is 35.6 Å². The lowest BCUT2D eigenvalue weighted by molar-refractivity contribution is 0.224. The summed E-state index contributed by atoms with van der Waals surface area (Å²) in [5.41, 5.74) is 0. The van der Waals surface area contributed by atoms with Crippen molar-refractivity contribution >= 4 is 41.5 Å². The molecule has 1 heterocycles. The van der Waals surface area contributed by atoms with Crippen molar-refractivity contribution in [2.75, 3.05) is 20.1 Å². The van der Waals surface area contributed by atoms with Gasteiger partial charge in [-0.3, -0.25) is 4.99 Å². The average molecular weight is 493 g/mol. The number of benzene rings is 1. The number of para-hydroxylation sites is 1. The van der Waals surface area contributed by atoms with Crippen molar-refractivity contribution in [3.05, 3.63) is 41.4 Å². The molecule has 0 aliphatic heterocycles. The van der Waals surface area contributed by atoms with Crippen molar-refractivity contribution in [1.82, 2.24) is 25.4 Å². The Morgan fingerprint density at radius 3 is 2.81 bits per heavy atom. The van der Waals surface area contributed by atoms with Crippen LogP contribution in [-0.2, 0) is 13.0 Å². The number of nitrogens with zero attached hydrogens (tertiary/aromatic N) is 4. The van der Waals surface area contributed by atoms with Crippen LogP contribution in [-0.4, -0.2) is 47.0 Å². The predicted molar refractivity (Wildman–Crippen MR) is 116 cm³/mol. The third-order valence-electron chi connectivity index (χ3n) is 3.60. The first-order chi connectivity index (χ1) is 12.1. The number of aryl methyl sites for hydroxylation is 1. The number of hydrogen-bond acceptors (Lipinski definition) is 4. The van der Waals surface area contributed by atoms with Crippen LogP contribution in [0.25, 0.3) is 0 Å². The average Bonchev–Trinajstić information content (AvgIpc) is 3.07. The summed E-state index contributed by atoms with van der Waals surface area (Å²) in [5, 5.41) is 15.1. The zero-order chi connectivity index (χ0) is 18.1. The van der Waals surface area contributed by atoms with E-state index < -0.39 is 0 Å². The molecule has 0 fully saturated rings. The minimum Gasteiger partial charge on any atom is -0.487 e. The molecule has 1 atom stereocenters. The molecule has 9 heteroatoms. The van der Waals surface area contributed by atoms with Gasteiger partial charge in [-0.25, -0.2) is 0 Å². The van der Waals surface area contributed by atoms with Crippen LogP contribution in [0.4, 0.5) is 0 Å². The number of aliphatic imine (C=N–C) groups is 1. The fourth-order valence-corrected chi connectivity index (χ4v) is 2.47. The third kappa shape index (κ3) is 6.99. The molecule has 7 nitrogen and oxygen atoms in total. The van der Waals surface area contributed by atoms with Gasteiger partial charge in [0.05, 0.1) is 11.6 Å². The van der Waals surface area contributed by atoms with Crippen LogP contribution < -0.4 is 15.4 Å². The molecule has 1 aromatic carbocycles. The fourth-order valence-electron chi connectivity index (χ4n) is 2.29. The quantitative estimate of drug-likeness (QED) is 0.337. The molecule has 0 aliphatic carbocycles. The number of rotatable bonds is 8. The van der Waals surface area contributed by atoms with Crippen molar-refractivity contribution in [2.24, 2.45) is 4.99 Å². The molecule has 2 aromatic rings. The first-order valence-electron chi connectivity index (χ1n) is 8.36. The van der Waals surface area contributed by atoms with Crippen molar-refractivity contribution in [3.8, 4) is 5.75 Å². The predicted octanol–water partition coefficient (Wildman–Crippen LogP) is 2.74. The van der Waals surface area contributed by atoms with Crippen molar-refractivity contribution < 1.29 is 4.74 Å². The first kappa shape index (κ1) is 22.5. The molecular weight excluding hydrogens is 467 g/mol. The van der Waals surface area contributed by atoms with E-state index in [0.717, 1.165) is 31.3 Å². The molecule has 144 valence electrons. The minimum absolute atomic E-state index is 0. The molecule has 0 amide bonds. The third-order valence-corrected chi connectivity index (χ3v) is 3.91. The molecule has 2 rings (SSSR count). The molecule has 0 spiro atoms. The van der Waals surface area contributed by atoms with Crippen LogP contribution in [0.2, 0.25) is 5.02 Å². The van der Waals surface area contributed by atoms with E-state index in [9.17, 15) is 0 Å². The Labute approximate surface area is 176 Å². The van der Waals surface area contributed by atoms with Gasteiger partial charge < -0.3 is 19.9 Å². The normalized spacial score (nSPS) is 12.2. The lowest BCUT2D eigenvalue weighted by Crippen LogP contribution is -2.42. The summed E-state index contributed by atoms with van der Waals surface area (Å²) in [4.78, 5) is 4.22. The number of nitrogens with one attached hydrogen (secondary N) is 2. The second-order valence-corrected chi connectivity index (χ2v) is 5.94. The second kappa shape index (κ2) is 11.9. The highest BCUT2D eigenvalue weighted by Gasteiger charge is 2.08. The van der Waals surface area contributed by atoms with Crippen LogP contribution >= 0.6 is 35.6 Å². The van der Waals surface area contributed by atoms with E-state index in [2.05, 4.69) is 32.7 Å². The van der Waals surface area contributed by atoms with E-state index in [-0.39, 0.29) is 30.1 Å². The van der Waals surface area contributed by atoms with Gasteiger partial charge in [0.1, 0.15) is 24.0 Å². The molecule has 26 heavy (non-hydrogen) atoms. The zero-order valence-electron chi connectivity index (χ0n) is 15.3. The Morgan fingerprint density at radius 1 is 1.35 bits per heavy atom. The summed E-state index contributed by atoms with van der Waals surface area (Å²) in [6.07, 6.45) is 2.56. The maximum atomic E-state index is 6.11. The van der Waals surface area contributed by atoms with Gasteiger partial charge in [0.15, 0.2) is 5.96 Å². The molecule has 2 N–H and O–H groups in total. The minimum atomic E-state index is -0.0528. The van der Waals surface area contributed by atoms with Crippen LogP contribution in [0.3, 0.4) is 0 Å². The maximum absolute atomic E-state index is 6.11. The summed E-state index contributed by atoms with van der Waals surface area (Å²) in [6.45, 7) is 6.16. The molecule has 1 unspecified atom stereocenters. The number of ether oxygens (including phenoxy) is 1. The lowest BCUT2D eigenvalue weighted by Gasteiger charge is -2.18. The highest BCUT2D eigenvalue weighted by Crippen LogP contribution is 2.23. The number of hydrogen-bond donors (Lipinski definition) is 2. The highest BCUT2D eigenvalue weighted by molar-refractivity contribution is 14.0. The molecule has 1 aromatic heterocycles. The molecule has 0 radical (unpaired) electrons. The van der Waals surface area contributed by atoms with Gasteiger partial charge in [-0.15, -0.1) is 34.2 Å². The van der Waals surface area contributed by atoms with Crippen molar-refractivity contribution in [2.45, 2.75) is 32.9 Å².